The third-order valence-corrected chi connectivity index (χ3v) is 15.9. The SMILES string of the molecule is c1ccc(-c2ccc(N(c3ccc(C45CC6CC(CC(C6)C4)C5)cc3)c3ccc4cc(-c5cccc6sc7c(-c8ccccc8)c8ccccc8n7c56)ccc4c3)cc2)cc1. The van der Waals surface area contributed by atoms with Crippen LogP contribution in [-0.2, 0) is 5.41 Å². The molecule has 4 fully saturated rings. The van der Waals surface area contributed by atoms with Gasteiger partial charge in [0.05, 0.1) is 15.7 Å². The summed E-state index contributed by atoms with van der Waals surface area (Å²) < 4.78 is 3.81. The molecule has 2 heterocycles. The zero-order chi connectivity index (χ0) is 40.1. The molecule has 0 N–H and O–H groups in total. The zero-order valence-electron chi connectivity index (χ0n) is 34.2. The maximum absolute atomic E-state index is 2.51. The van der Waals surface area contributed by atoms with E-state index in [0.717, 1.165) is 17.8 Å². The molecule has 0 atom stereocenters. The second kappa shape index (κ2) is 13.8. The Morgan fingerprint density at radius 2 is 1.05 bits per heavy atom. The van der Waals surface area contributed by atoms with Crippen molar-refractivity contribution in [2.24, 2.45) is 17.8 Å². The molecular weight excluding hydrogens is 757 g/mol. The Labute approximate surface area is 361 Å². The van der Waals surface area contributed by atoms with Gasteiger partial charge in [0.15, 0.2) is 0 Å². The number of anilines is 3. The number of para-hydroxylation sites is 2. The van der Waals surface area contributed by atoms with Crippen LogP contribution in [0.3, 0.4) is 0 Å². The Kier molecular flexibility index (Phi) is 8.00. The molecule has 4 saturated carbocycles. The summed E-state index contributed by atoms with van der Waals surface area (Å²) in [6.45, 7) is 0. The fourth-order valence-electron chi connectivity index (χ4n) is 12.4. The van der Waals surface area contributed by atoms with Gasteiger partial charge < -0.3 is 4.90 Å². The zero-order valence-corrected chi connectivity index (χ0v) is 35.0. The van der Waals surface area contributed by atoms with E-state index < -0.39 is 0 Å². The number of nitrogens with zero attached hydrogens (tertiary/aromatic N) is 2. The maximum atomic E-state index is 2.51. The van der Waals surface area contributed by atoms with Crippen LogP contribution in [0.5, 0.6) is 0 Å². The molecule has 61 heavy (non-hydrogen) atoms. The van der Waals surface area contributed by atoms with Gasteiger partial charge in [-0.2, -0.15) is 0 Å². The van der Waals surface area contributed by atoms with Crippen molar-refractivity contribution in [2.45, 2.75) is 43.9 Å². The Hall–Kier alpha value is -6.42. The lowest BCUT2D eigenvalue weighted by Gasteiger charge is -2.57. The molecule has 3 heteroatoms. The number of fused-ring (bicyclic) bond motifs is 6. The van der Waals surface area contributed by atoms with Crippen LogP contribution in [-0.4, -0.2) is 4.40 Å². The van der Waals surface area contributed by atoms with E-state index in [1.54, 1.807) is 5.56 Å². The van der Waals surface area contributed by atoms with Gasteiger partial charge in [-0.3, -0.25) is 4.40 Å². The Balaban J connectivity index is 0.905. The Bertz CT molecular complexity index is 3230. The van der Waals surface area contributed by atoms with Gasteiger partial charge in [-0.05, 0) is 155 Å². The van der Waals surface area contributed by atoms with E-state index in [1.165, 1.54) is 126 Å². The molecule has 4 aliphatic carbocycles. The average molecular weight is 803 g/mol. The predicted molar refractivity (Wildman–Crippen MR) is 259 cm³/mol. The summed E-state index contributed by atoms with van der Waals surface area (Å²) in [7, 11) is 0. The van der Waals surface area contributed by atoms with E-state index >= 15 is 0 Å². The average Bonchev–Trinajstić information content (AvgIpc) is 3.84. The molecule has 10 aromatic rings. The second-order valence-electron chi connectivity index (χ2n) is 18.4. The van der Waals surface area contributed by atoms with E-state index in [1.807, 2.05) is 11.3 Å². The molecule has 0 radical (unpaired) electrons. The van der Waals surface area contributed by atoms with E-state index in [0.29, 0.717) is 5.41 Å². The van der Waals surface area contributed by atoms with E-state index in [2.05, 4.69) is 197 Å². The third kappa shape index (κ3) is 5.74. The van der Waals surface area contributed by atoms with Gasteiger partial charge in [-0.25, -0.2) is 0 Å². The summed E-state index contributed by atoms with van der Waals surface area (Å²) >= 11 is 1.89. The third-order valence-electron chi connectivity index (χ3n) is 14.7. The summed E-state index contributed by atoms with van der Waals surface area (Å²) in [6.07, 6.45) is 8.58. The summed E-state index contributed by atoms with van der Waals surface area (Å²) in [5.74, 6) is 2.80. The van der Waals surface area contributed by atoms with Crippen molar-refractivity contribution in [3.8, 4) is 33.4 Å². The molecule has 0 aliphatic heterocycles. The lowest BCUT2D eigenvalue weighted by molar-refractivity contribution is -0.00518. The predicted octanol–water partition coefficient (Wildman–Crippen LogP) is 16.4. The Morgan fingerprint density at radius 1 is 0.475 bits per heavy atom. The van der Waals surface area contributed by atoms with Gasteiger partial charge in [0.2, 0.25) is 0 Å². The minimum absolute atomic E-state index is 0.383. The molecule has 294 valence electrons. The van der Waals surface area contributed by atoms with Crippen molar-refractivity contribution in [3.63, 3.8) is 0 Å². The van der Waals surface area contributed by atoms with Gasteiger partial charge in [-0.1, -0.05) is 133 Å². The highest BCUT2D eigenvalue weighted by atomic mass is 32.1. The number of benzene rings is 8. The van der Waals surface area contributed by atoms with Crippen LogP contribution in [0.25, 0.3) is 70.1 Å². The van der Waals surface area contributed by atoms with Crippen molar-refractivity contribution >= 4 is 65.1 Å². The standard InChI is InChI=1S/C58H46N2S/c1-3-10-41(11-4-1)42-20-25-48(26-21-42)59(49-28-23-47(24-29-49)58-35-38-30-39(36-58)32-40(31-38)37-58)50-27-22-44-33-46(19-18-45(44)34-50)51-15-9-17-54-56(51)60-53-16-8-7-14-52(53)55(57(60)61-54)43-12-5-2-6-13-43/h1-29,33-34,38-40H,30-32,35-37H2. The van der Waals surface area contributed by atoms with Crippen LogP contribution in [0, 0.1) is 17.8 Å². The molecule has 4 aliphatic rings. The van der Waals surface area contributed by atoms with Gasteiger partial charge in [0.1, 0.15) is 4.83 Å². The minimum Gasteiger partial charge on any atom is -0.310 e. The highest BCUT2D eigenvalue weighted by Crippen LogP contribution is 2.61. The monoisotopic (exact) mass is 802 g/mol. The smallest absolute Gasteiger partial charge is 0.109 e. The molecular formula is C58H46N2S. The summed E-state index contributed by atoms with van der Waals surface area (Å²) in [4.78, 5) is 3.75. The topological polar surface area (TPSA) is 7.65 Å². The molecule has 0 unspecified atom stereocenters. The lowest BCUT2D eigenvalue weighted by atomic mass is 9.48. The van der Waals surface area contributed by atoms with Crippen LogP contribution in [0.2, 0.25) is 0 Å². The van der Waals surface area contributed by atoms with Crippen LogP contribution in [0.1, 0.15) is 44.1 Å². The highest BCUT2D eigenvalue weighted by molar-refractivity contribution is 7.24. The van der Waals surface area contributed by atoms with E-state index in [-0.39, 0.29) is 0 Å². The Morgan fingerprint density at radius 3 is 1.77 bits per heavy atom. The molecule has 8 aromatic carbocycles. The van der Waals surface area contributed by atoms with Gasteiger partial charge >= 0.3 is 0 Å². The quantitative estimate of drug-likeness (QED) is 0.156. The van der Waals surface area contributed by atoms with Crippen molar-refractivity contribution in [1.29, 1.82) is 0 Å². The first kappa shape index (κ1) is 35.3. The summed E-state index contributed by atoms with van der Waals surface area (Å²) in [5, 5.41) is 3.77. The molecule has 0 saturated heterocycles. The number of aromatic nitrogens is 1. The van der Waals surface area contributed by atoms with Gasteiger partial charge in [0, 0.05) is 33.6 Å². The first-order valence-electron chi connectivity index (χ1n) is 22.2. The summed E-state index contributed by atoms with van der Waals surface area (Å²) in [5.41, 5.74) is 15.6. The van der Waals surface area contributed by atoms with Crippen LogP contribution < -0.4 is 4.90 Å². The normalized spacial score (nSPS) is 20.6. The van der Waals surface area contributed by atoms with Crippen LogP contribution in [0.4, 0.5) is 17.1 Å². The molecule has 0 spiro atoms. The fourth-order valence-corrected chi connectivity index (χ4v) is 13.7. The first-order chi connectivity index (χ1) is 30.1. The van der Waals surface area contributed by atoms with E-state index in [4.69, 9.17) is 0 Å². The lowest BCUT2D eigenvalue weighted by Crippen LogP contribution is -2.48. The van der Waals surface area contributed by atoms with Gasteiger partial charge in [-0.15, -0.1) is 11.3 Å². The van der Waals surface area contributed by atoms with Crippen molar-refractivity contribution < 1.29 is 0 Å². The fraction of sp³-hybridized carbons (Fsp3) is 0.172. The number of thiazole rings is 1. The van der Waals surface area contributed by atoms with Crippen molar-refractivity contribution in [3.05, 3.63) is 194 Å². The molecule has 0 amide bonds. The van der Waals surface area contributed by atoms with Crippen LogP contribution >= 0.6 is 11.3 Å². The number of hydrogen-bond acceptors (Lipinski definition) is 2. The van der Waals surface area contributed by atoms with Crippen molar-refractivity contribution in [2.75, 3.05) is 4.90 Å². The minimum atomic E-state index is 0.383. The molecule has 2 aromatic heterocycles. The highest BCUT2D eigenvalue weighted by Gasteiger charge is 2.51. The molecule has 4 bridgehead atoms. The first-order valence-corrected chi connectivity index (χ1v) is 23.1. The summed E-state index contributed by atoms with van der Waals surface area (Å²) in [6, 6.07) is 70.2. The molecule has 2 nitrogen and oxygen atoms in total. The van der Waals surface area contributed by atoms with Crippen molar-refractivity contribution in [1.82, 2.24) is 4.40 Å². The van der Waals surface area contributed by atoms with Gasteiger partial charge in [0.25, 0.3) is 0 Å². The largest absolute Gasteiger partial charge is 0.310 e. The molecule has 14 rings (SSSR count). The maximum Gasteiger partial charge on any atom is 0.109 e. The van der Waals surface area contributed by atoms with E-state index in [9.17, 15) is 0 Å². The second-order valence-corrected chi connectivity index (χ2v) is 19.4. The van der Waals surface area contributed by atoms with Crippen LogP contribution in [0.15, 0.2) is 188 Å². The number of rotatable bonds is 7. The number of hydrogen-bond donors (Lipinski definition) is 0.